The Morgan fingerprint density at radius 2 is 2.00 bits per heavy atom. The van der Waals surface area contributed by atoms with Crippen molar-refractivity contribution in [1.29, 1.82) is 0 Å². The summed E-state index contributed by atoms with van der Waals surface area (Å²) in [6.07, 6.45) is 4.38. The highest BCUT2D eigenvalue weighted by molar-refractivity contribution is 7.85. The second-order valence-corrected chi connectivity index (χ2v) is 7.07. The molecule has 0 spiro atoms. The van der Waals surface area contributed by atoms with Gasteiger partial charge in [0.1, 0.15) is 0 Å². The summed E-state index contributed by atoms with van der Waals surface area (Å²) < 4.78 is 12.7. The van der Waals surface area contributed by atoms with Gasteiger partial charge in [-0.3, -0.25) is 4.21 Å². The first-order chi connectivity index (χ1) is 8.63. The molecule has 1 fully saturated rings. The van der Waals surface area contributed by atoms with Crippen LogP contribution in [0.4, 0.5) is 0 Å². The van der Waals surface area contributed by atoms with Crippen LogP contribution < -0.4 is 5.32 Å². The lowest BCUT2D eigenvalue weighted by molar-refractivity contribution is 0.399. The molecular formula is C13H17Cl2NOS. The van der Waals surface area contributed by atoms with Gasteiger partial charge >= 0.3 is 0 Å². The molecule has 0 saturated heterocycles. The molecule has 0 aromatic heterocycles. The Hall–Kier alpha value is -0.0900. The largest absolute Gasteiger partial charge is 0.316 e. The third kappa shape index (κ3) is 3.08. The number of nitrogens with one attached hydrogen (secondary N) is 1. The average molecular weight is 306 g/mol. The SMILES string of the molecule is CNC1CCCCC1S(=O)c1cc(Cl)ccc1Cl. The zero-order chi connectivity index (χ0) is 13.1. The lowest BCUT2D eigenvalue weighted by Gasteiger charge is -2.30. The van der Waals surface area contributed by atoms with Gasteiger partial charge in [0, 0.05) is 11.1 Å². The van der Waals surface area contributed by atoms with Gasteiger partial charge in [0.25, 0.3) is 0 Å². The minimum Gasteiger partial charge on any atom is -0.316 e. The molecule has 1 aromatic rings. The molecule has 18 heavy (non-hydrogen) atoms. The van der Waals surface area contributed by atoms with Crippen LogP contribution in [0.25, 0.3) is 0 Å². The van der Waals surface area contributed by atoms with Crippen LogP contribution in [0.2, 0.25) is 10.0 Å². The van der Waals surface area contributed by atoms with Gasteiger partial charge in [-0.15, -0.1) is 0 Å². The maximum atomic E-state index is 12.7. The number of hydrogen-bond acceptors (Lipinski definition) is 2. The van der Waals surface area contributed by atoms with Crippen molar-refractivity contribution in [3.05, 3.63) is 28.2 Å². The minimum atomic E-state index is -1.10. The standard InChI is InChI=1S/C13H17Cl2NOS/c1-16-11-4-2-3-5-12(11)18(17)13-8-9(14)6-7-10(13)15/h6-8,11-12,16H,2-5H2,1H3. The van der Waals surface area contributed by atoms with E-state index in [1.165, 1.54) is 6.42 Å². The molecule has 0 heterocycles. The third-order valence-electron chi connectivity index (χ3n) is 3.46. The summed E-state index contributed by atoms with van der Waals surface area (Å²) in [5.74, 6) is 0. The normalized spacial score (nSPS) is 25.9. The first kappa shape index (κ1) is 14.3. The smallest absolute Gasteiger partial charge is 0.0592 e. The van der Waals surface area contributed by atoms with Crippen molar-refractivity contribution in [2.45, 2.75) is 41.9 Å². The molecule has 2 nitrogen and oxygen atoms in total. The van der Waals surface area contributed by atoms with E-state index in [0.29, 0.717) is 21.0 Å². The molecule has 2 rings (SSSR count). The fourth-order valence-corrected chi connectivity index (χ4v) is 4.84. The molecule has 5 heteroatoms. The van der Waals surface area contributed by atoms with Gasteiger partial charge in [-0.25, -0.2) is 0 Å². The summed E-state index contributed by atoms with van der Waals surface area (Å²) in [7, 11) is 0.830. The van der Waals surface area contributed by atoms with Crippen molar-refractivity contribution in [3.63, 3.8) is 0 Å². The Morgan fingerprint density at radius 3 is 2.72 bits per heavy atom. The van der Waals surface area contributed by atoms with E-state index in [1.807, 2.05) is 7.05 Å². The Balaban J connectivity index is 2.26. The number of halogens is 2. The van der Waals surface area contributed by atoms with E-state index in [-0.39, 0.29) is 5.25 Å². The van der Waals surface area contributed by atoms with Crippen molar-refractivity contribution < 1.29 is 4.21 Å². The molecule has 1 N–H and O–H groups in total. The highest BCUT2D eigenvalue weighted by Crippen LogP contribution is 2.31. The molecule has 100 valence electrons. The van der Waals surface area contributed by atoms with E-state index in [9.17, 15) is 4.21 Å². The van der Waals surface area contributed by atoms with Gasteiger partial charge in [-0.05, 0) is 38.1 Å². The van der Waals surface area contributed by atoms with Gasteiger partial charge in [0.2, 0.25) is 0 Å². The quantitative estimate of drug-likeness (QED) is 0.924. The van der Waals surface area contributed by atoms with Gasteiger partial charge < -0.3 is 5.32 Å². The van der Waals surface area contributed by atoms with Crippen molar-refractivity contribution in [1.82, 2.24) is 5.32 Å². The Labute approximate surface area is 121 Å². The zero-order valence-corrected chi connectivity index (χ0v) is 12.6. The minimum absolute atomic E-state index is 0.125. The van der Waals surface area contributed by atoms with Crippen LogP contribution in [0.3, 0.4) is 0 Å². The lowest BCUT2D eigenvalue weighted by atomic mass is 9.95. The van der Waals surface area contributed by atoms with E-state index in [1.54, 1.807) is 18.2 Å². The van der Waals surface area contributed by atoms with Gasteiger partial charge in [-0.2, -0.15) is 0 Å². The van der Waals surface area contributed by atoms with Gasteiger partial charge in [-0.1, -0.05) is 36.0 Å². The monoisotopic (exact) mass is 305 g/mol. The van der Waals surface area contributed by atoms with E-state index in [2.05, 4.69) is 5.32 Å². The predicted molar refractivity (Wildman–Crippen MR) is 78.0 cm³/mol. The highest BCUT2D eigenvalue weighted by Gasteiger charge is 2.30. The van der Waals surface area contributed by atoms with Crippen molar-refractivity contribution in [2.75, 3.05) is 7.05 Å². The fraction of sp³-hybridized carbons (Fsp3) is 0.538. The summed E-state index contributed by atoms with van der Waals surface area (Å²) >= 11 is 12.1. The van der Waals surface area contributed by atoms with Crippen LogP contribution in [0.1, 0.15) is 25.7 Å². The van der Waals surface area contributed by atoms with Crippen LogP contribution in [0, 0.1) is 0 Å². The summed E-state index contributed by atoms with van der Waals surface area (Å²) in [5.41, 5.74) is 0. The van der Waals surface area contributed by atoms with E-state index < -0.39 is 10.8 Å². The van der Waals surface area contributed by atoms with Crippen LogP contribution in [0.15, 0.2) is 23.1 Å². The topological polar surface area (TPSA) is 29.1 Å². The third-order valence-corrected chi connectivity index (χ3v) is 6.02. The highest BCUT2D eigenvalue weighted by atomic mass is 35.5. The Kier molecular flexibility index (Phi) is 5.07. The van der Waals surface area contributed by atoms with E-state index >= 15 is 0 Å². The van der Waals surface area contributed by atoms with Crippen LogP contribution >= 0.6 is 23.2 Å². The first-order valence-corrected chi connectivity index (χ1v) is 8.13. The molecule has 0 radical (unpaired) electrons. The van der Waals surface area contributed by atoms with Crippen LogP contribution in [-0.4, -0.2) is 22.5 Å². The molecule has 3 atom stereocenters. The number of hydrogen-bond donors (Lipinski definition) is 1. The maximum absolute atomic E-state index is 12.7. The van der Waals surface area contributed by atoms with Crippen molar-refractivity contribution in [3.8, 4) is 0 Å². The summed E-state index contributed by atoms with van der Waals surface area (Å²) in [4.78, 5) is 0.663. The first-order valence-electron chi connectivity index (χ1n) is 6.16. The van der Waals surface area contributed by atoms with E-state index in [4.69, 9.17) is 23.2 Å². The van der Waals surface area contributed by atoms with E-state index in [0.717, 1.165) is 19.3 Å². The second-order valence-electron chi connectivity index (χ2n) is 4.59. The predicted octanol–water partition coefficient (Wildman–Crippen LogP) is 3.63. The molecule has 1 aliphatic carbocycles. The zero-order valence-electron chi connectivity index (χ0n) is 10.3. The molecule has 1 aromatic carbocycles. The van der Waals surface area contributed by atoms with Crippen molar-refractivity contribution >= 4 is 34.0 Å². The Bertz CT molecular complexity index is 453. The van der Waals surface area contributed by atoms with Crippen molar-refractivity contribution in [2.24, 2.45) is 0 Å². The summed E-state index contributed by atoms with van der Waals surface area (Å²) in [6, 6.07) is 5.46. The summed E-state index contributed by atoms with van der Waals surface area (Å²) in [6.45, 7) is 0. The second kappa shape index (κ2) is 6.38. The average Bonchev–Trinajstić information content (AvgIpc) is 2.40. The van der Waals surface area contributed by atoms with Gasteiger partial charge in [0.05, 0.1) is 26.0 Å². The fourth-order valence-electron chi connectivity index (χ4n) is 2.48. The van der Waals surface area contributed by atoms with Crippen LogP contribution in [0.5, 0.6) is 0 Å². The lowest BCUT2D eigenvalue weighted by Crippen LogP contribution is -2.42. The van der Waals surface area contributed by atoms with Gasteiger partial charge in [0.15, 0.2) is 0 Å². The van der Waals surface area contributed by atoms with Crippen LogP contribution in [-0.2, 0) is 10.8 Å². The number of benzene rings is 1. The molecule has 3 unspecified atom stereocenters. The molecule has 1 saturated carbocycles. The Morgan fingerprint density at radius 1 is 1.28 bits per heavy atom. The molecule has 1 aliphatic rings. The molecular weight excluding hydrogens is 289 g/mol. The summed E-state index contributed by atoms with van der Waals surface area (Å²) in [5, 5.41) is 4.52. The molecule has 0 bridgehead atoms. The molecule has 0 amide bonds. The number of rotatable bonds is 3. The molecule has 0 aliphatic heterocycles. The maximum Gasteiger partial charge on any atom is 0.0592 e.